The molecule has 164 valence electrons. The van der Waals surface area contributed by atoms with E-state index in [0.717, 1.165) is 11.0 Å². The topological polar surface area (TPSA) is 106 Å². The highest BCUT2D eigenvalue weighted by Gasteiger charge is 2.32. The smallest absolute Gasteiger partial charge is 0.382 e. The Morgan fingerprint density at radius 1 is 1.26 bits per heavy atom. The van der Waals surface area contributed by atoms with Crippen molar-refractivity contribution >= 4 is 34.2 Å². The molecule has 0 spiro atoms. The molecule has 0 saturated carbocycles. The van der Waals surface area contributed by atoms with Gasteiger partial charge in [-0.15, -0.1) is 0 Å². The average Bonchev–Trinajstić information content (AvgIpc) is 3.10. The number of alkyl halides is 3. The van der Waals surface area contributed by atoms with Crippen LogP contribution < -0.4 is 11.1 Å². The number of rotatable bonds is 3. The molecule has 1 atom stereocenters. The van der Waals surface area contributed by atoms with Crippen LogP contribution in [0.5, 0.6) is 0 Å². The number of amides is 2. The van der Waals surface area contributed by atoms with Crippen molar-refractivity contribution in [3.8, 4) is 0 Å². The van der Waals surface area contributed by atoms with E-state index in [1.807, 2.05) is 0 Å². The minimum absolute atomic E-state index is 0.166. The Labute approximate surface area is 173 Å². The van der Waals surface area contributed by atoms with E-state index in [9.17, 15) is 27.2 Å². The molecular formula is C19H18F4N6O2. The van der Waals surface area contributed by atoms with Crippen LogP contribution >= 0.6 is 0 Å². The molecule has 12 heteroatoms. The van der Waals surface area contributed by atoms with Gasteiger partial charge in [0.2, 0.25) is 0 Å². The van der Waals surface area contributed by atoms with Gasteiger partial charge in [0.1, 0.15) is 17.2 Å². The predicted octanol–water partition coefficient (Wildman–Crippen LogP) is 2.87. The Morgan fingerprint density at radius 2 is 1.94 bits per heavy atom. The summed E-state index contributed by atoms with van der Waals surface area (Å²) in [6.45, 7) is 1.39. The summed E-state index contributed by atoms with van der Waals surface area (Å²) in [5, 5.41) is 6.91. The highest BCUT2D eigenvalue weighted by molar-refractivity contribution is 6.40. The molecule has 31 heavy (non-hydrogen) atoms. The number of hydrogen-bond acceptors (Lipinski definition) is 5. The molecule has 2 heterocycles. The number of carbonyl (C=O) groups is 2. The van der Waals surface area contributed by atoms with Crippen LogP contribution in [-0.2, 0) is 22.8 Å². The SMILES string of the molecule is C[C@@H](c1ccc(C(F)(F)F)cc1F)N(C)C(=O)C(=O)Nc1cnc(N)c2c1cnn2C. The fraction of sp³-hybridized carbons (Fsp3) is 0.263. The molecule has 1 aromatic carbocycles. The lowest BCUT2D eigenvalue weighted by atomic mass is 10.0. The molecule has 0 aliphatic heterocycles. The van der Waals surface area contributed by atoms with E-state index in [-0.39, 0.29) is 17.1 Å². The van der Waals surface area contributed by atoms with Gasteiger partial charge in [-0.05, 0) is 19.1 Å². The first-order valence-electron chi connectivity index (χ1n) is 8.92. The molecule has 0 unspecified atom stereocenters. The number of benzene rings is 1. The van der Waals surface area contributed by atoms with Gasteiger partial charge in [0.15, 0.2) is 0 Å². The lowest BCUT2D eigenvalue weighted by Crippen LogP contribution is -2.38. The number of anilines is 2. The zero-order chi connectivity index (χ0) is 23.1. The van der Waals surface area contributed by atoms with E-state index in [1.165, 1.54) is 31.0 Å². The number of likely N-dealkylation sites (N-methyl/N-ethyl adjacent to an activating group) is 1. The second kappa shape index (κ2) is 7.85. The molecule has 8 nitrogen and oxygen atoms in total. The molecule has 2 amide bonds. The minimum atomic E-state index is -4.70. The van der Waals surface area contributed by atoms with Gasteiger partial charge in [0.25, 0.3) is 0 Å². The summed E-state index contributed by atoms with van der Waals surface area (Å²) in [7, 11) is 2.87. The largest absolute Gasteiger partial charge is 0.416 e. The number of carbonyl (C=O) groups excluding carboxylic acids is 2. The highest BCUT2D eigenvalue weighted by atomic mass is 19.4. The van der Waals surface area contributed by atoms with Gasteiger partial charge in [-0.25, -0.2) is 9.37 Å². The maximum Gasteiger partial charge on any atom is 0.416 e. The first kappa shape index (κ1) is 22.0. The van der Waals surface area contributed by atoms with Crippen LogP contribution in [-0.4, -0.2) is 38.5 Å². The summed E-state index contributed by atoms with van der Waals surface area (Å²) >= 11 is 0. The monoisotopic (exact) mass is 438 g/mol. The number of nitrogens with one attached hydrogen (secondary N) is 1. The molecule has 0 bridgehead atoms. The van der Waals surface area contributed by atoms with Crippen molar-refractivity contribution in [1.82, 2.24) is 19.7 Å². The number of halogens is 4. The maximum absolute atomic E-state index is 14.2. The number of nitrogens with two attached hydrogens (primary N) is 1. The van der Waals surface area contributed by atoms with E-state index in [1.54, 1.807) is 7.05 Å². The van der Waals surface area contributed by atoms with Crippen molar-refractivity contribution in [2.24, 2.45) is 7.05 Å². The van der Waals surface area contributed by atoms with Crippen LogP contribution in [0, 0.1) is 5.82 Å². The van der Waals surface area contributed by atoms with Crippen molar-refractivity contribution in [2.75, 3.05) is 18.1 Å². The Bertz CT molecular complexity index is 1170. The molecule has 0 aliphatic carbocycles. The van der Waals surface area contributed by atoms with Crippen LogP contribution in [0.1, 0.15) is 24.1 Å². The number of nitrogen functional groups attached to an aromatic ring is 1. The van der Waals surface area contributed by atoms with Crippen molar-refractivity contribution in [3.05, 3.63) is 47.5 Å². The van der Waals surface area contributed by atoms with Crippen LogP contribution in [0.15, 0.2) is 30.6 Å². The summed E-state index contributed by atoms with van der Waals surface area (Å²) in [6, 6.07) is 0.993. The predicted molar refractivity (Wildman–Crippen MR) is 104 cm³/mol. The van der Waals surface area contributed by atoms with Gasteiger partial charge in [0.05, 0.1) is 29.7 Å². The molecule has 3 rings (SSSR count). The fourth-order valence-corrected chi connectivity index (χ4v) is 3.07. The van der Waals surface area contributed by atoms with E-state index in [4.69, 9.17) is 5.73 Å². The first-order chi connectivity index (χ1) is 14.4. The van der Waals surface area contributed by atoms with E-state index in [2.05, 4.69) is 15.4 Å². The number of pyridine rings is 1. The van der Waals surface area contributed by atoms with E-state index >= 15 is 0 Å². The number of aryl methyl sites for hydroxylation is 1. The van der Waals surface area contributed by atoms with Crippen LogP contribution in [0.4, 0.5) is 29.1 Å². The average molecular weight is 438 g/mol. The van der Waals surface area contributed by atoms with Crippen molar-refractivity contribution < 1.29 is 27.2 Å². The Morgan fingerprint density at radius 3 is 2.55 bits per heavy atom. The quantitative estimate of drug-likeness (QED) is 0.483. The van der Waals surface area contributed by atoms with E-state index < -0.39 is 35.4 Å². The second-order valence-electron chi connectivity index (χ2n) is 6.87. The number of aromatic nitrogens is 3. The van der Waals surface area contributed by atoms with Gasteiger partial charge >= 0.3 is 18.0 Å². The van der Waals surface area contributed by atoms with Gasteiger partial charge in [-0.2, -0.15) is 18.3 Å². The van der Waals surface area contributed by atoms with Crippen LogP contribution in [0.3, 0.4) is 0 Å². The fourth-order valence-electron chi connectivity index (χ4n) is 3.07. The zero-order valence-corrected chi connectivity index (χ0v) is 16.7. The summed E-state index contributed by atoms with van der Waals surface area (Å²) < 4.78 is 53.9. The minimum Gasteiger partial charge on any atom is -0.382 e. The first-order valence-corrected chi connectivity index (χ1v) is 8.92. The van der Waals surface area contributed by atoms with Crippen molar-refractivity contribution in [3.63, 3.8) is 0 Å². The molecule has 0 fully saturated rings. The Kier molecular flexibility index (Phi) is 5.57. The second-order valence-corrected chi connectivity index (χ2v) is 6.87. The summed E-state index contributed by atoms with van der Waals surface area (Å²) in [5.74, 6) is -3.02. The van der Waals surface area contributed by atoms with Crippen molar-refractivity contribution in [2.45, 2.75) is 19.1 Å². The number of hydrogen-bond donors (Lipinski definition) is 2. The number of nitrogens with zero attached hydrogens (tertiary/aromatic N) is 4. The van der Waals surface area contributed by atoms with Gasteiger partial charge in [-0.1, -0.05) is 6.07 Å². The lowest BCUT2D eigenvalue weighted by molar-refractivity contribution is -0.143. The Hall–Kier alpha value is -3.70. The molecule has 3 N–H and O–H groups in total. The van der Waals surface area contributed by atoms with E-state index in [0.29, 0.717) is 23.0 Å². The molecule has 0 aliphatic rings. The molecule has 0 radical (unpaired) electrons. The zero-order valence-electron chi connectivity index (χ0n) is 16.7. The summed E-state index contributed by atoms with van der Waals surface area (Å²) in [6.07, 6.45) is -1.99. The third kappa shape index (κ3) is 4.13. The van der Waals surface area contributed by atoms with Crippen LogP contribution in [0.25, 0.3) is 10.9 Å². The third-order valence-electron chi connectivity index (χ3n) is 4.93. The van der Waals surface area contributed by atoms with Crippen LogP contribution in [0.2, 0.25) is 0 Å². The van der Waals surface area contributed by atoms with Crippen molar-refractivity contribution in [1.29, 1.82) is 0 Å². The van der Waals surface area contributed by atoms with Gasteiger partial charge in [-0.3, -0.25) is 14.3 Å². The standard InChI is InChI=1S/C19H18F4N6O2/c1-9(11-5-4-10(6-13(11)20)19(21,22)23)28(2)18(31)17(30)27-14-8-25-16(24)15-12(14)7-26-29(15)3/h4-9H,1-3H3,(H2,24,25)(H,27,30)/t9-/m0/s1. The lowest BCUT2D eigenvalue weighted by Gasteiger charge is -2.25. The maximum atomic E-state index is 14.2. The molecular weight excluding hydrogens is 420 g/mol. The summed E-state index contributed by atoms with van der Waals surface area (Å²) in [4.78, 5) is 29.9. The molecule has 0 saturated heterocycles. The Balaban J connectivity index is 1.80. The van der Waals surface area contributed by atoms with Gasteiger partial charge in [0, 0.05) is 25.0 Å². The van der Waals surface area contributed by atoms with Gasteiger partial charge < -0.3 is 16.0 Å². The number of fused-ring (bicyclic) bond motifs is 1. The third-order valence-corrected chi connectivity index (χ3v) is 4.93. The highest BCUT2D eigenvalue weighted by Crippen LogP contribution is 2.32. The molecule has 3 aromatic rings. The normalized spacial score (nSPS) is 12.6. The molecule has 2 aromatic heterocycles. The summed E-state index contributed by atoms with van der Waals surface area (Å²) in [5.41, 5.74) is 5.13.